The van der Waals surface area contributed by atoms with Crippen LogP contribution in [-0.2, 0) is 17.9 Å². The van der Waals surface area contributed by atoms with E-state index in [9.17, 15) is 4.79 Å². The van der Waals surface area contributed by atoms with Crippen LogP contribution in [0.5, 0.6) is 0 Å². The number of hydrogen-bond acceptors (Lipinski definition) is 6. The monoisotopic (exact) mass is 252 g/mol. The first-order valence-corrected chi connectivity index (χ1v) is 5.97. The molecule has 7 heteroatoms. The van der Waals surface area contributed by atoms with Crippen LogP contribution in [0.1, 0.15) is 22.4 Å². The van der Waals surface area contributed by atoms with Crippen molar-refractivity contribution in [3.63, 3.8) is 0 Å². The number of aryl methyl sites for hydroxylation is 1. The number of carbonyl (C=O) groups excluding carboxylic acids is 1. The molecule has 0 unspecified atom stereocenters. The van der Waals surface area contributed by atoms with Crippen molar-refractivity contribution in [1.29, 1.82) is 0 Å². The number of esters is 1. The molecule has 0 fully saturated rings. The molecule has 0 aliphatic carbocycles. The van der Waals surface area contributed by atoms with Gasteiger partial charge in [0.05, 0.1) is 5.69 Å². The first-order chi connectivity index (χ1) is 8.22. The first-order valence-electron chi connectivity index (χ1n) is 5.09. The van der Waals surface area contributed by atoms with Crippen LogP contribution in [0, 0.1) is 0 Å². The second kappa shape index (κ2) is 4.96. The summed E-state index contributed by atoms with van der Waals surface area (Å²) < 4.78 is 6.79. The van der Waals surface area contributed by atoms with E-state index in [1.54, 1.807) is 16.1 Å². The molecule has 0 radical (unpaired) electrons. The van der Waals surface area contributed by atoms with Gasteiger partial charge in [-0.1, -0.05) is 0 Å². The van der Waals surface area contributed by atoms with Gasteiger partial charge in [-0.3, -0.25) is 0 Å². The topological polar surface area (TPSA) is 83.0 Å². The van der Waals surface area contributed by atoms with Crippen LogP contribution in [0.15, 0.2) is 17.8 Å². The lowest BCUT2D eigenvalue weighted by Gasteiger charge is -2.04. The Hall–Kier alpha value is -1.89. The molecule has 2 heterocycles. The standard InChI is InChI=1S/C10H12N4O2S/c1-2-14-8(12-6-13-14)5-16-10(15)9-7(11)3-4-17-9/h3-4,6H,2,5,11H2,1H3. The molecule has 0 bridgehead atoms. The van der Waals surface area contributed by atoms with E-state index in [0.29, 0.717) is 22.9 Å². The summed E-state index contributed by atoms with van der Waals surface area (Å²) in [4.78, 5) is 16.1. The maximum Gasteiger partial charge on any atom is 0.350 e. The van der Waals surface area contributed by atoms with Crippen LogP contribution >= 0.6 is 11.3 Å². The number of ether oxygens (including phenoxy) is 1. The van der Waals surface area contributed by atoms with E-state index in [1.807, 2.05) is 6.92 Å². The average Bonchev–Trinajstić information content (AvgIpc) is 2.94. The zero-order chi connectivity index (χ0) is 12.3. The SMILES string of the molecule is CCn1ncnc1COC(=O)c1sccc1N. The van der Waals surface area contributed by atoms with E-state index in [0.717, 1.165) is 0 Å². The number of carbonyl (C=O) groups is 1. The molecular weight excluding hydrogens is 240 g/mol. The summed E-state index contributed by atoms with van der Waals surface area (Å²) in [7, 11) is 0. The fourth-order valence-electron chi connectivity index (χ4n) is 1.34. The van der Waals surface area contributed by atoms with Crippen molar-refractivity contribution in [1.82, 2.24) is 14.8 Å². The molecule has 0 saturated carbocycles. The highest BCUT2D eigenvalue weighted by Gasteiger charge is 2.14. The maximum absolute atomic E-state index is 11.7. The second-order valence-corrected chi connectivity index (χ2v) is 4.19. The molecule has 2 aromatic rings. The Morgan fingerprint density at radius 2 is 2.47 bits per heavy atom. The highest BCUT2D eigenvalue weighted by Crippen LogP contribution is 2.20. The molecule has 0 amide bonds. The molecule has 0 spiro atoms. The molecule has 6 nitrogen and oxygen atoms in total. The molecule has 2 aromatic heterocycles. The van der Waals surface area contributed by atoms with Crippen LogP contribution in [-0.4, -0.2) is 20.7 Å². The number of aromatic nitrogens is 3. The number of hydrogen-bond donors (Lipinski definition) is 1. The lowest BCUT2D eigenvalue weighted by Crippen LogP contribution is -2.10. The Morgan fingerprint density at radius 1 is 1.65 bits per heavy atom. The van der Waals surface area contributed by atoms with Crippen molar-refractivity contribution in [2.24, 2.45) is 0 Å². The Bertz CT molecular complexity index is 520. The van der Waals surface area contributed by atoms with Gasteiger partial charge in [0.25, 0.3) is 0 Å². The smallest absolute Gasteiger partial charge is 0.350 e. The molecule has 0 atom stereocenters. The highest BCUT2D eigenvalue weighted by molar-refractivity contribution is 7.12. The van der Waals surface area contributed by atoms with Crippen molar-refractivity contribution in [2.75, 3.05) is 5.73 Å². The number of nitrogens with zero attached hydrogens (tertiary/aromatic N) is 3. The fraction of sp³-hybridized carbons (Fsp3) is 0.300. The lowest BCUT2D eigenvalue weighted by molar-refractivity contribution is 0.0464. The minimum atomic E-state index is -0.428. The van der Waals surface area contributed by atoms with Gasteiger partial charge in [0.15, 0.2) is 12.4 Å². The summed E-state index contributed by atoms with van der Waals surface area (Å²) in [5, 5.41) is 5.74. The van der Waals surface area contributed by atoms with E-state index >= 15 is 0 Å². The molecular formula is C10H12N4O2S. The predicted octanol–water partition coefficient (Wildman–Crippen LogP) is 1.30. The zero-order valence-electron chi connectivity index (χ0n) is 9.29. The summed E-state index contributed by atoms with van der Waals surface area (Å²) in [5.41, 5.74) is 6.06. The number of thiophene rings is 1. The van der Waals surface area contributed by atoms with Crippen molar-refractivity contribution in [3.8, 4) is 0 Å². The van der Waals surface area contributed by atoms with Crippen LogP contribution in [0.25, 0.3) is 0 Å². The summed E-state index contributed by atoms with van der Waals surface area (Å²) in [5.74, 6) is 0.194. The fourth-order valence-corrected chi connectivity index (χ4v) is 2.05. The van der Waals surface area contributed by atoms with Crippen molar-refractivity contribution in [3.05, 3.63) is 28.5 Å². The van der Waals surface area contributed by atoms with Gasteiger partial charge in [-0.2, -0.15) is 5.10 Å². The Kier molecular flexibility index (Phi) is 3.38. The summed E-state index contributed by atoms with van der Waals surface area (Å²) in [6.45, 7) is 2.73. The van der Waals surface area contributed by atoms with Gasteiger partial charge in [0.2, 0.25) is 0 Å². The van der Waals surface area contributed by atoms with Gasteiger partial charge >= 0.3 is 5.97 Å². The number of nitrogens with two attached hydrogens (primary N) is 1. The second-order valence-electron chi connectivity index (χ2n) is 3.27. The molecule has 2 N–H and O–H groups in total. The van der Waals surface area contributed by atoms with Gasteiger partial charge in [-0.25, -0.2) is 14.5 Å². The third kappa shape index (κ3) is 2.44. The number of rotatable bonds is 4. The third-order valence-corrected chi connectivity index (χ3v) is 3.12. The third-order valence-electron chi connectivity index (χ3n) is 2.21. The lowest BCUT2D eigenvalue weighted by atomic mass is 10.4. The van der Waals surface area contributed by atoms with Gasteiger partial charge in [0, 0.05) is 6.54 Å². The Balaban J connectivity index is 1.99. The van der Waals surface area contributed by atoms with Crippen LogP contribution in [0.2, 0.25) is 0 Å². The first kappa shape index (κ1) is 11.6. The molecule has 2 rings (SSSR count). The summed E-state index contributed by atoms with van der Waals surface area (Å²) in [6.07, 6.45) is 1.44. The van der Waals surface area contributed by atoms with E-state index < -0.39 is 5.97 Å². The molecule has 0 saturated heterocycles. The minimum absolute atomic E-state index is 0.101. The molecule has 0 aliphatic rings. The van der Waals surface area contributed by atoms with E-state index in [2.05, 4.69) is 10.1 Å². The van der Waals surface area contributed by atoms with Crippen LogP contribution in [0.4, 0.5) is 5.69 Å². The van der Waals surface area contributed by atoms with Gasteiger partial charge in [-0.15, -0.1) is 11.3 Å². The van der Waals surface area contributed by atoms with Gasteiger partial charge in [0.1, 0.15) is 11.2 Å². The van der Waals surface area contributed by atoms with E-state index in [4.69, 9.17) is 10.5 Å². The predicted molar refractivity (Wildman–Crippen MR) is 63.5 cm³/mol. The zero-order valence-corrected chi connectivity index (χ0v) is 10.1. The van der Waals surface area contributed by atoms with Crippen molar-refractivity contribution < 1.29 is 9.53 Å². The normalized spacial score (nSPS) is 10.4. The molecule has 90 valence electrons. The molecule has 0 aromatic carbocycles. The largest absolute Gasteiger partial charge is 0.453 e. The maximum atomic E-state index is 11.7. The number of anilines is 1. The minimum Gasteiger partial charge on any atom is -0.453 e. The molecule has 17 heavy (non-hydrogen) atoms. The summed E-state index contributed by atoms with van der Waals surface area (Å²) in [6, 6.07) is 1.68. The van der Waals surface area contributed by atoms with Gasteiger partial charge < -0.3 is 10.5 Å². The Morgan fingerprint density at radius 3 is 3.12 bits per heavy atom. The van der Waals surface area contributed by atoms with Crippen LogP contribution in [0.3, 0.4) is 0 Å². The highest BCUT2D eigenvalue weighted by atomic mass is 32.1. The van der Waals surface area contributed by atoms with E-state index in [1.165, 1.54) is 17.7 Å². The van der Waals surface area contributed by atoms with Crippen molar-refractivity contribution >= 4 is 23.0 Å². The van der Waals surface area contributed by atoms with Gasteiger partial charge in [-0.05, 0) is 18.4 Å². The summed E-state index contributed by atoms with van der Waals surface area (Å²) >= 11 is 1.26. The van der Waals surface area contributed by atoms with E-state index in [-0.39, 0.29) is 6.61 Å². The number of nitrogen functional groups attached to an aromatic ring is 1. The Labute approximate surface area is 102 Å². The average molecular weight is 252 g/mol. The van der Waals surface area contributed by atoms with Crippen LogP contribution < -0.4 is 5.73 Å². The molecule has 0 aliphatic heterocycles. The van der Waals surface area contributed by atoms with Crippen molar-refractivity contribution in [2.45, 2.75) is 20.1 Å². The quantitative estimate of drug-likeness (QED) is 0.829.